The van der Waals surface area contributed by atoms with Crippen LogP contribution in [0.2, 0.25) is 0 Å². The molecule has 0 unspecified atom stereocenters. The van der Waals surface area contributed by atoms with E-state index in [9.17, 15) is 21.6 Å². The first kappa shape index (κ1) is 34.4. The number of pyridine rings is 3. The van der Waals surface area contributed by atoms with E-state index in [-0.39, 0.29) is 27.7 Å². The Hall–Kier alpha value is -3.45. The van der Waals surface area contributed by atoms with Crippen molar-refractivity contribution in [1.29, 1.82) is 0 Å². The van der Waals surface area contributed by atoms with Gasteiger partial charge in [0.25, 0.3) is 25.6 Å². The molecular weight excluding hydrogens is 726 g/mol. The summed E-state index contributed by atoms with van der Waals surface area (Å²) in [5.41, 5.74) is 3.33. The minimum atomic E-state index is -3.73. The van der Waals surface area contributed by atoms with E-state index in [0.29, 0.717) is 69.0 Å². The molecule has 0 aliphatic carbocycles. The van der Waals surface area contributed by atoms with Gasteiger partial charge in [-0.1, -0.05) is 0 Å². The highest BCUT2D eigenvalue weighted by Crippen LogP contribution is 2.23. The summed E-state index contributed by atoms with van der Waals surface area (Å²) in [6.07, 6.45) is 10.6. The van der Waals surface area contributed by atoms with Crippen LogP contribution < -0.4 is 15.0 Å². The van der Waals surface area contributed by atoms with Crippen LogP contribution in [0.4, 0.5) is 0 Å². The predicted molar refractivity (Wildman–Crippen MR) is 182 cm³/mol. The quantitative estimate of drug-likeness (QED) is 0.254. The van der Waals surface area contributed by atoms with Crippen LogP contribution in [-0.2, 0) is 36.6 Å². The standard InChI is InChI=1S/C19H22N4O4S.C12H14BrN3O3S/c1-13-9-15(11-22(2)19(13)24)14-3-4-17-20-10-18(23(17)12-14)28(25,26)21-16-5-7-27-8-6-16;13-9-1-2-11-14-7-12(16(11)8-9)20(17,18)15-10-3-5-19-6-4-10/h3-4,9-12,16,21H,5-8H2,1-2H3;1-2,7-8,10,15H,3-6H2. The van der Waals surface area contributed by atoms with Crippen molar-refractivity contribution in [1.82, 2.24) is 32.8 Å². The van der Waals surface area contributed by atoms with Crippen molar-refractivity contribution in [2.45, 2.75) is 54.7 Å². The molecule has 0 spiro atoms. The van der Waals surface area contributed by atoms with Gasteiger partial charge in [0.05, 0.1) is 12.4 Å². The second kappa shape index (κ2) is 14.2. The maximum Gasteiger partial charge on any atom is 0.258 e. The van der Waals surface area contributed by atoms with Gasteiger partial charge in [-0.15, -0.1) is 0 Å². The third-order valence-electron chi connectivity index (χ3n) is 8.24. The van der Waals surface area contributed by atoms with E-state index in [1.807, 2.05) is 12.1 Å². The number of aromatic nitrogens is 5. The van der Waals surface area contributed by atoms with E-state index in [2.05, 4.69) is 35.3 Å². The molecule has 0 radical (unpaired) electrons. The molecular formula is C31H36BrN7O7S2. The Morgan fingerprint density at radius 2 is 1.25 bits per heavy atom. The van der Waals surface area contributed by atoms with Crippen molar-refractivity contribution in [3.63, 3.8) is 0 Å². The van der Waals surface area contributed by atoms with Gasteiger partial charge < -0.3 is 14.0 Å². The molecule has 0 atom stereocenters. The highest BCUT2D eigenvalue weighted by Gasteiger charge is 2.26. The molecule has 7 heterocycles. The third kappa shape index (κ3) is 7.56. The first-order chi connectivity index (χ1) is 22.9. The Morgan fingerprint density at radius 3 is 1.77 bits per heavy atom. The number of hydrogen-bond acceptors (Lipinski definition) is 9. The first-order valence-corrected chi connectivity index (χ1v) is 19.1. The maximum atomic E-state index is 12.9. The van der Waals surface area contributed by atoms with Gasteiger partial charge in [0.1, 0.15) is 11.3 Å². The van der Waals surface area contributed by atoms with Gasteiger partial charge >= 0.3 is 0 Å². The normalized spacial score (nSPS) is 16.6. The Labute approximate surface area is 286 Å². The van der Waals surface area contributed by atoms with E-state index in [1.54, 1.807) is 59.6 Å². The number of imidazole rings is 2. The Bertz CT molecular complexity index is 2190. The molecule has 48 heavy (non-hydrogen) atoms. The van der Waals surface area contributed by atoms with E-state index < -0.39 is 20.0 Å². The van der Waals surface area contributed by atoms with Crippen LogP contribution in [-0.4, -0.2) is 78.7 Å². The van der Waals surface area contributed by atoms with Crippen molar-refractivity contribution >= 4 is 47.3 Å². The Balaban J connectivity index is 0.000000177. The molecule has 14 nitrogen and oxygen atoms in total. The van der Waals surface area contributed by atoms with Crippen LogP contribution in [0.3, 0.4) is 0 Å². The van der Waals surface area contributed by atoms with Gasteiger partial charge in [-0.25, -0.2) is 36.2 Å². The first-order valence-electron chi connectivity index (χ1n) is 15.4. The van der Waals surface area contributed by atoms with Crippen molar-refractivity contribution in [2.75, 3.05) is 26.4 Å². The number of sulfonamides is 2. The second-order valence-corrected chi connectivity index (χ2v) is 16.0. The molecule has 0 amide bonds. The monoisotopic (exact) mass is 761 g/mol. The summed E-state index contributed by atoms with van der Waals surface area (Å²) >= 11 is 3.34. The molecule has 7 rings (SSSR count). The molecule has 5 aromatic heterocycles. The van der Waals surface area contributed by atoms with Gasteiger partial charge in [0.15, 0.2) is 10.1 Å². The van der Waals surface area contributed by atoms with Crippen molar-refractivity contribution in [3.8, 4) is 11.1 Å². The topological polar surface area (TPSA) is 167 Å². The number of nitrogens with one attached hydrogen (secondary N) is 2. The molecule has 2 aliphatic heterocycles. The SMILES string of the molecule is Cc1cc(-c2ccc3ncc(S(=O)(=O)NC4CCOCC4)n3c2)cn(C)c1=O.O=S(=O)(NC1CCOCC1)c1cnc2ccc(Br)cn12. The number of hydrogen-bond donors (Lipinski definition) is 2. The lowest BCUT2D eigenvalue weighted by molar-refractivity contribution is 0.0830. The molecule has 2 aliphatic rings. The van der Waals surface area contributed by atoms with Crippen LogP contribution in [0.1, 0.15) is 31.2 Å². The second-order valence-electron chi connectivity index (χ2n) is 11.8. The van der Waals surface area contributed by atoms with E-state index in [1.165, 1.54) is 17.0 Å². The number of ether oxygens (including phenoxy) is 2. The number of nitrogens with zero attached hydrogens (tertiary/aromatic N) is 5. The van der Waals surface area contributed by atoms with E-state index >= 15 is 0 Å². The lowest BCUT2D eigenvalue weighted by Crippen LogP contribution is -2.39. The Kier molecular flexibility index (Phi) is 10.2. The maximum absolute atomic E-state index is 12.9. The molecule has 5 aromatic rings. The molecule has 2 saturated heterocycles. The summed E-state index contributed by atoms with van der Waals surface area (Å²) in [7, 11) is -5.61. The molecule has 2 N–H and O–H groups in total. The minimum Gasteiger partial charge on any atom is -0.381 e. The third-order valence-corrected chi connectivity index (χ3v) is 11.7. The molecule has 2 fully saturated rings. The molecule has 0 saturated carbocycles. The summed E-state index contributed by atoms with van der Waals surface area (Å²) < 4.78 is 72.2. The van der Waals surface area contributed by atoms with Crippen LogP contribution >= 0.6 is 15.9 Å². The van der Waals surface area contributed by atoms with E-state index in [4.69, 9.17) is 9.47 Å². The van der Waals surface area contributed by atoms with Gasteiger partial charge in [-0.05, 0) is 90.0 Å². The van der Waals surface area contributed by atoms with Gasteiger partial charge in [-0.3, -0.25) is 13.6 Å². The number of halogens is 1. The van der Waals surface area contributed by atoms with Crippen molar-refractivity contribution in [3.05, 3.63) is 81.7 Å². The fourth-order valence-corrected chi connectivity index (χ4v) is 8.81. The lowest BCUT2D eigenvalue weighted by atomic mass is 10.1. The summed E-state index contributed by atoms with van der Waals surface area (Å²) in [5.74, 6) is 0. The average Bonchev–Trinajstić information content (AvgIpc) is 3.69. The van der Waals surface area contributed by atoms with Crippen LogP contribution in [0.15, 0.2) is 80.6 Å². The Morgan fingerprint density at radius 1 is 0.750 bits per heavy atom. The lowest BCUT2D eigenvalue weighted by Gasteiger charge is -2.22. The molecule has 17 heteroatoms. The largest absolute Gasteiger partial charge is 0.381 e. The summed E-state index contributed by atoms with van der Waals surface area (Å²) in [4.78, 5) is 20.3. The van der Waals surface area contributed by atoms with Crippen LogP contribution in [0.25, 0.3) is 22.4 Å². The van der Waals surface area contributed by atoms with Gasteiger partial charge in [-0.2, -0.15) is 0 Å². The zero-order chi connectivity index (χ0) is 34.1. The molecule has 0 bridgehead atoms. The highest BCUT2D eigenvalue weighted by molar-refractivity contribution is 9.10. The van der Waals surface area contributed by atoms with Crippen molar-refractivity contribution in [2.24, 2.45) is 7.05 Å². The molecule has 256 valence electrons. The zero-order valence-corrected chi connectivity index (χ0v) is 29.6. The highest BCUT2D eigenvalue weighted by atomic mass is 79.9. The van der Waals surface area contributed by atoms with Gasteiger partial charge in [0, 0.05) is 74.2 Å². The molecule has 0 aromatic carbocycles. The predicted octanol–water partition coefficient (Wildman–Crippen LogP) is 3.02. The van der Waals surface area contributed by atoms with Gasteiger partial charge in [0.2, 0.25) is 0 Å². The van der Waals surface area contributed by atoms with Crippen LogP contribution in [0, 0.1) is 6.92 Å². The summed E-state index contributed by atoms with van der Waals surface area (Å²) in [5, 5.41) is 0.248. The fourth-order valence-electron chi connectivity index (χ4n) is 5.68. The smallest absolute Gasteiger partial charge is 0.258 e. The van der Waals surface area contributed by atoms with Crippen LogP contribution in [0.5, 0.6) is 0 Å². The summed E-state index contributed by atoms with van der Waals surface area (Å²) in [6.45, 7) is 4.04. The number of aryl methyl sites for hydroxylation is 2. The number of rotatable bonds is 7. The van der Waals surface area contributed by atoms with E-state index in [0.717, 1.165) is 15.6 Å². The zero-order valence-electron chi connectivity index (χ0n) is 26.4. The fraction of sp³-hybridized carbons (Fsp3) is 0.387. The average molecular weight is 763 g/mol. The number of fused-ring (bicyclic) bond motifs is 2. The van der Waals surface area contributed by atoms with Crippen molar-refractivity contribution < 1.29 is 26.3 Å². The minimum absolute atomic E-state index is 0.0589. The summed E-state index contributed by atoms with van der Waals surface area (Å²) in [6, 6.07) is 8.80.